The fourth-order valence-electron chi connectivity index (χ4n) is 1.01. The molecule has 0 saturated carbocycles. The monoisotopic (exact) mass is 205 g/mol. The van der Waals surface area contributed by atoms with E-state index >= 15 is 0 Å². The number of carbonyl (C=O) groups is 1. The van der Waals surface area contributed by atoms with E-state index in [4.69, 9.17) is 5.26 Å². The van der Waals surface area contributed by atoms with Gasteiger partial charge in [0.2, 0.25) is 0 Å². The molecule has 0 saturated heterocycles. The van der Waals surface area contributed by atoms with Crippen molar-refractivity contribution in [1.82, 2.24) is 0 Å². The molecule has 2 nitrogen and oxygen atoms in total. The van der Waals surface area contributed by atoms with Gasteiger partial charge in [0.25, 0.3) is 0 Å². The molecule has 0 spiro atoms. The molecule has 0 heterocycles. The zero-order valence-corrected chi connectivity index (χ0v) is 7.77. The third kappa shape index (κ3) is 2.38. The minimum Gasteiger partial charge on any atom is -0.294 e. The second kappa shape index (κ2) is 4.34. The summed E-state index contributed by atoms with van der Waals surface area (Å²) < 4.78 is 26.1. The van der Waals surface area contributed by atoms with Gasteiger partial charge in [0.15, 0.2) is 11.9 Å². The number of nitriles is 1. The van der Waals surface area contributed by atoms with Gasteiger partial charge in [-0.3, -0.25) is 4.79 Å². The average molecular weight is 205 g/mol. The van der Waals surface area contributed by atoms with Crippen molar-refractivity contribution in [3.63, 3.8) is 0 Å². The number of carbonyl (C=O) groups excluding carboxylic acids is 1. The van der Waals surface area contributed by atoms with Gasteiger partial charge in [-0.25, -0.2) is 8.78 Å². The van der Waals surface area contributed by atoms with Crippen molar-refractivity contribution >= 4 is 5.78 Å². The number of benzene rings is 1. The Bertz CT molecular complexity index is 518. The molecule has 0 fully saturated rings. The van der Waals surface area contributed by atoms with E-state index in [-0.39, 0.29) is 11.1 Å². The Hall–Kier alpha value is -2.20. The molecule has 0 bridgehead atoms. The lowest BCUT2D eigenvalue weighted by Gasteiger charge is -2.00. The van der Waals surface area contributed by atoms with Crippen molar-refractivity contribution in [2.24, 2.45) is 0 Å². The molecule has 1 aromatic carbocycles. The third-order valence-electron chi connectivity index (χ3n) is 1.69. The summed E-state index contributed by atoms with van der Waals surface area (Å²) in [6.07, 6.45) is 0. The number of hydrogen-bond acceptors (Lipinski definition) is 2. The molecule has 0 aliphatic heterocycles. The van der Waals surface area contributed by atoms with Crippen LogP contribution in [0, 0.1) is 34.8 Å². The first kappa shape index (κ1) is 10.9. The molecular weight excluding hydrogens is 200 g/mol. The summed E-state index contributed by atoms with van der Waals surface area (Å²) in [7, 11) is 0. The van der Waals surface area contributed by atoms with Crippen molar-refractivity contribution in [3.8, 4) is 17.9 Å². The van der Waals surface area contributed by atoms with Crippen LogP contribution in [0.15, 0.2) is 12.1 Å². The summed E-state index contributed by atoms with van der Waals surface area (Å²) in [4.78, 5) is 10.9. The Labute approximate surface area is 85.1 Å². The van der Waals surface area contributed by atoms with E-state index in [9.17, 15) is 13.6 Å². The Balaban J connectivity index is 3.37. The van der Waals surface area contributed by atoms with Gasteiger partial charge in [0, 0.05) is 12.0 Å². The lowest BCUT2D eigenvalue weighted by molar-refractivity contribution is 0.101. The highest BCUT2D eigenvalue weighted by Gasteiger charge is 2.11. The van der Waals surface area contributed by atoms with Crippen LogP contribution in [0.4, 0.5) is 8.78 Å². The summed E-state index contributed by atoms with van der Waals surface area (Å²) in [6.45, 7) is 1.16. The van der Waals surface area contributed by atoms with E-state index in [0.29, 0.717) is 6.07 Å². The van der Waals surface area contributed by atoms with Crippen LogP contribution in [0.2, 0.25) is 0 Å². The van der Waals surface area contributed by atoms with Gasteiger partial charge in [0.05, 0.1) is 11.1 Å². The summed E-state index contributed by atoms with van der Waals surface area (Å²) in [5.74, 6) is 1.82. The van der Waals surface area contributed by atoms with Crippen LogP contribution in [0.1, 0.15) is 22.8 Å². The minimum absolute atomic E-state index is 0.164. The van der Waals surface area contributed by atoms with Crippen molar-refractivity contribution in [2.75, 3.05) is 0 Å². The van der Waals surface area contributed by atoms with Crippen LogP contribution >= 0.6 is 0 Å². The average Bonchev–Trinajstić information content (AvgIpc) is 2.16. The highest BCUT2D eigenvalue weighted by molar-refractivity contribution is 5.94. The predicted molar refractivity (Wildman–Crippen MR) is 48.9 cm³/mol. The lowest BCUT2D eigenvalue weighted by Crippen LogP contribution is -2.00. The first-order chi connectivity index (χ1) is 7.06. The van der Waals surface area contributed by atoms with Gasteiger partial charge in [0.1, 0.15) is 11.6 Å². The normalized spacial score (nSPS) is 8.67. The molecular formula is C11H5F2NO. The summed E-state index contributed by atoms with van der Waals surface area (Å²) in [5, 5.41) is 8.16. The van der Waals surface area contributed by atoms with Crippen molar-refractivity contribution in [2.45, 2.75) is 6.92 Å². The maximum absolute atomic E-state index is 13.1. The summed E-state index contributed by atoms with van der Waals surface area (Å²) in [5.41, 5.74) is -0.401. The maximum Gasteiger partial charge on any atom is 0.162 e. The maximum atomic E-state index is 13.1. The first-order valence-corrected chi connectivity index (χ1v) is 3.96. The number of rotatable bonds is 1. The Kier molecular flexibility index (Phi) is 3.15. The van der Waals surface area contributed by atoms with Gasteiger partial charge < -0.3 is 0 Å². The van der Waals surface area contributed by atoms with Crippen LogP contribution in [0.25, 0.3) is 0 Å². The molecule has 0 aromatic heterocycles. The molecule has 1 rings (SSSR count). The highest BCUT2D eigenvalue weighted by atomic mass is 19.1. The fourth-order valence-corrected chi connectivity index (χ4v) is 1.01. The van der Waals surface area contributed by atoms with E-state index in [0.717, 1.165) is 13.0 Å². The summed E-state index contributed by atoms with van der Waals surface area (Å²) in [6, 6.07) is 3.08. The molecule has 0 aliphatic rings. The molecule has 0 N–H and O–H groups in total. The van der Waals surface area contributed by atoms with E-state index in [2.05, 4.69) is 5.92 Å². The predicted octanol–water partition coefficient (Wildman–Crippen LogP) is 2.04. The third-order valence-corrected chi connectivity index (χ3v) is 1.69. The van der Waals surface area contributed by atoms with Crippen LogP contribution < -0.4 is 0 Å². The molecule has 4 heteroatoms. The largest absolute Gasteiger partial charge is 0.294 e. The van der Waals surface area contributed by atoms with Crippen molar-refractivity contribution in [3.05, 3.63) is 34.9 Å². The number of hydrogen-bond donors (Lipinski definition) is 0. The van der Waals surface area contributed by atoms with E-state index < -0.39 is 17.4 Å². The van der Waals surface area contributed by atoms with Gasteiger partial charge in [-0.1, -0.05) is 0 Å². The van der Waals surface area contributed by atoms with E-state index in [1.165, 1.54) is 6.07 Å². The Morgan fingerprint density at radius 3 is 2.53 bits per heavy atom. The standard InChI is InChI=1S/C11H5F2NO/c1-7(15)9-5-8(3-2-4-14)10(12)6-11(9)13/h5-6H,1H3. The SMILES string of the molecule is CC(=O)c1cc(C#CC#N)c(F)cc1F. The zero-order chi connectivity index (χ0) is 11.4. The number of Topliss-reactive ketones (excluding diaryl/α,β-unsaturated/α-hetero) is 1. The van der Waals surface area contributed by atoms with E-state index in [1.807, 2.05) is 5.92 Å². The molecule has 0 radical (unpaired) electrons. The van der Waals surface area contributed by atoms with Gasteiger partial charge in [-0.2, -0.15) is 5.26 Å². The van der Waals surface area contributed by atoms with Crippen molar-refractivity contribution < 1.29 is 13.6 Å². The molecule has 0 aliphatic carbocycles. The zero-order valence-electron chi connectivity index (χ0n) is 7.77. The molecule has 0 amide bonds. The summed E-state index contributed by atoms with van der Waals surface area (Å²) >= 11 is 0. The van der Waals surface area contributed by atoms with Crippen LogP contribution in [0.5, 0.6) is 0 Å². The van der Waals surface area contributed by atoms with Gasteiger partial charge in [-0.15, -0.1) is 0 Å². The molecule has 1 aromatic rings. The Morgan fingerprint density at radius 2 is 2.00 bits per heavy atom. The molecule has 15 heavy (non-hydrogen) atoms. The smallest absolute Gasteiger partial charge is 0.162 e. The van der Waals surface area contributed by atoms with Gasteiger partial charge >= 0.3 is 0 Å². The first-order valence-electron chi connectivity index (χ1n) is 3.96. The van der Waals surface area contributed by atoms with Crippen LogP contribution in [0.3, 0.4) is 0 Å². The van der Waals surface area contributed by atoms with Crippen LogP contribution in [-0.2, 0) is 0 Å². The second-order valence-electron chi connectivity index (χ2n) is 2.73. The molecule has 74 valence electrons. The highest BCUT2D eigenvalue weighted by Crippen LogP contribution is 2.14. The van der Waals surface area contributed by atoms with E-state index in [1.54, 1.807) is 0 Å². The quantitative estimate of drug-likeness (QED) is 0.520. The van der Waals surface area contributed by atoms with Gasteiger partial charge in [-0.05, 0) is 18.9 Å². The van der Waals surface area contributed by atoms with Crippen LogP contribution in [-0.4, -0.2) is 5.78 Å². The fraction of sp³-hybridized carbons (Fsp3) is 0.0909. The second-order valence-corrected chi connectivity index (χ2v) is 2.73. The number of halogens is 2. The lowest BCUT2D eigenvalue weighted by atomic mass is 10.1. The number of ketones is 1. The topological polar surface area (TPSA) is 40.9 Å². The number of nitrogens with zero attached hydrogens (tertiary/aromatic N) is 1. The molecule has 0 atom stereocenters. The minimum atomic E-state index is -0.928. The van der Waals surface area contributed by atoms with Crippen molar-refractivity contribution in [1.29, 1.82) is 5.26 Å². The Morgan fingerprint density at radius 1 is 1.33 bits per heavy atom. The molecule has 0 unspecified atom stereocenters.